The topological polar surface area (TPSA) is 46.5 Å². The molecule has 1 aliphatic rings. The van der Waals surface area contributed by atoms with Crippen LogP contribution in [0.3, 0.4) is 0 Å². The molecule has 0 spiro atoms. The number of fused-ring (bicyclic) bond motifs is 1. The van der Waals surface area contributed by atoms with Gasteiger partial charge in [0.05, 0.1) is 12.7 Å². The standard InChI is InChI=1S/C12H11F3O3/c1-18-11(17)9-8(16)5-6-3-2-4-7(6)10(9)12(13,14)15/h5,16H,2-4H2,1H3. The maximum atomic E-state index is 13.1. The van der Waals surface area contributed by atoms with Crippen molar-refractivity contribution in [2.75, 3.05) is 7.11 Å². The van der Waals surface area contributed by atoms with Crippen LogP contribution in [0.4, 0.5) is 13.2 Å². The second-order valence-corrected chi connectivity index (χ2v) is 4.13. The third kappa shape index (κ3) is 1.91. The fraction of sp³-hybridized carbons (Fsp3) is 0.417. The highest BCUT2D eigenvalue weighted by molar-refractivity contribution is 5.95. The van der Waals surface area contributed by atoms with Gasteiger partial charge in [-0.25, -0.2) is 4.79 Å². The lowest BCUT2D eigenvalue weighted by atomic mass is 9.96. The van der Waals surface area contributed by atoms with Crippen molar-refractivity contribution in [2.24, 2.45) is 0 Å². The Morgan fingerprint density at radius 1 is 1.39 bits per heavy atom. The maximum Gasteiger partial charge on any atom is 0.417 e. The van der Waals surface area contributed by atoms with Crippen molar-refractivity contribution in [3.63, 3.8) is 0 Å². The van der Waals surface area contributed by atoms with Gasteiger partial charge in [-0.1, -0.05) is 0 Å². The molecule has 0 saturated carbocycles. The molecule has 1 aliphatic carbocycles. The molecular weight excluding hydrogens is 249 g/mol. The SMILES string of the molecule is COC(=O)c1c(O)cc2c(c1C(F)(F)F)CCC2. The molecule has 3 nitrogen and oxygen atoms in total. The number of alkyl halides is 3. The quantitative estimate of drug-likeness (QED) is 0.790. The van der Waals surface area contributed by atoms with E-state index in [1.165, 1.54) is 6.07 Å². The Morgan fingerprint density at radius 2 is 2.06 bits per heavy atom. The van der Waals surface area contributed by atoms with E-state index in [2.05, 4.69) is 4.74 Å². The summed E-state index contributed by atoms with van der Waals surface area (Å²) in [5, 5.41) is 9.62. The number of aromatic hydroxyl groups is 1. The molecule has 0 atom stereocenters. The lowest BCUT2D eigenvalue weighted by molar-refractivity contribution is -0.138. The van der Waals surface area contributed by atoms with Crippen LogP contribution >= 0.6 is 0 Å². The van der Waals surface area contributed by atoms with E-state index in [4.69, 9.17) is 0 Å². The molecule has 2 rings (SSSR count). The van der Waals surface area contributed by atoms with Gasteiger partial charge in [-0.2, -0.15) is 13.2 Å². The molecule has 0 saturated heterocycles. The highest BCUT2D eigenvalue weighted by Crippen LogP contribution is 2.43. The molecule has 0 unspecified atom stereocenters. The van der Waals surface area contributed by atoms with Gasteiger partial charge < -0.3 is 9.84 Å². The van der Waals surface area contributed by atoms with E-state index in [0.717, 1.165) is 7.11 Å². The van der Waals surface area contributed by atoms with Crippen molar-refractivity contribution < 1.29 is 27.8 Å². The zero-order chi connectivity index (χ0) is 13.5. The van der Waals surface area contributed by atoms with E-state index >= 15 is 0 Å². The lowest BCUT2D eigenvalue weighted by Crippen LogP contribution is -2.17. The molecule has 6 heteroatoms. The van der Waals surface area contributed by atoms with Gasteiger partial charge in [0.2, 0.25) is 0 Å². The summed E-state index contributed by atoms with van der Waals surface area (Å²) in [7, 11) is 0.981. The van der Waals surface area contributed by atoms with Gasteiger partial charge in [-0.3, -0.25) is 0 Å². The fourth-order valence-corrected chi connectivity index (χ4v) is 2.35. The van der Waals surface area contributed by atoms with Gasteiger partial charge in [0.25, 0.3) is 0 Å². The summed E-state index contributed by atoms with van der Waals surface area (Å²) in [6.07, 6.45) is -3.36. The minimum atomic E-state index is -4.68. The summed E-state index contributed by atoms with van der Waals surface area (Å²) in [6, 6.07) is 1.23. The third-order valence-corrected chi connectivity index (χ3v) is 3.05. The van der Waals surface area contributed by atoms with Gasteiger partial charge in [0, 0.05) is 0 Å². The van der Waals surface area contributed by atoms with Gasteiger partial charge in [0.15, 0.2) is 0 Å². The molecule has 1 N–H and O–H groups in total. The Morgan fingerprint density at radius 3 is 2.61 bits per heavy atom. The van der Waals surface area contributed by atoms with Crippen LogP contribution in [0.15, 0.2) is 6.07 Å². The Bertz CT molecular complexity index is 506. The number of esters is 1. The molecule has 0 heterocycles. The number of hydrogen-bond acceptors (Lipinski definition) is 3. The first-order valence-electron chi connectivity index (χ1n) is 5.39. The molecular formula is C12H11F3O3. The van der Waals surface area contributed by atoms with Gasteiger partial charge in [0.1, 0.15) is 11.3 Å². The van der Waals surface area contributed by atoms with E-state index in [0.29, 0.717) is 18.4 Å². The summed E-state index contributed by atoms with van der Waals surface area (Å²) in [6.45, 7) is 0. The van der Waals surface area contributed by atoms with E-state index in [1.807, 2.05) is 0 Å². The summed E-state index contributed by atoms with van der Waals surface area (Å²) in [5.74, 6) is -1.84. The molecule has 0 radical (unpaired) electrons. The van der Waals surface area contributed by atoms with Crippen molar-refractivity contribution in [3.05, 3.63) is 28.3 Å². The number of halogens is 3. The Balaban J connectivity index is 2.76. The van der Waals surface area contributed by atoms with Gasteiger partial charge >= 0.3 is 12.1 Å². The predicted molar refractivity (Wildman–Crippen MR) is 56.5 cm³/mol. The molecule has 0 amide bonds. The highest BCUT2D eigenvalue weighted by Gasteiger charge is 2.41. The van der Waals surface area contributed by atoms with Crippen LogP contribution in [0.5, 0.6) is 5.75 Å². The summed E-state index contributed by atoms with van der Waals surface area (Å²) in [4.78, 5) is 11.4. The Hall–Kier alpha value is -1.72. The first-order chi connectivity index (χ1) is 8.36. The van der Waals surface area contributed by atoms with Crippen molar-refractivity contribution in [1.29, 1.82) is 0 Å². The average molecular weight is 260 g/mol. The molecule has 0 bridgehead atoms. The number of phenolic OH excluding ortho intramolecular Hbond substituents is 1. The number of phenols is 1. The molecule has 0 fully saturated rings. The lowest BCUT2D eigenvalue weighted by Gasteiger charge is -2.17. The normalized spacial score (nSPS) is 14.4. The molecule has 1 aromatic carbocycles. The fourth-order valence-electron chi connectivity index (χ4n) is 2.35. The monoisotopic (exact) mass is 260 g/mol. The van der Waals surface area contributed by atoms with Crippen LogP contribution in [-0.2, 0) is 23.8 Å². The molecule has 0 aliphatic heterocycles. The number of rotatable bonds is 1. The van der Waals surface area contributed by atoms with E-state index in [9.17, 15) is 23.1 Å². The minimum absolute atomic E-state index is 0.0979. The Labute approximate surface area is 101 Å². The van der Waals surface area contributed by atoms with Crippen molar-refractivity contribution >= 4 is 5.97 Å². The smallest absolute Gasteiger partial charge is 0.417 e. The van der Waals surface area contributed by atoms with Crippen LogP contribution in [0.1, 0.15) is 33.5 Å². The summed E-state index contributed by atoms with van der Waals surface area (Å²) >= 11 is 0. The van der Waals surface area contributed by atoms with Gasteiger partial charge in [-0.15, -0.1) is 0 Å². The molecule has 1 aromatic rings. The van der Waals surface area contributed by atoms with Crippen molar-refractivity contribution in [2.45, 2.75) is 25.4 Å². The number of benzene rings is 1. The van der Waals surface area contributed by atoms with Crippen LogP contribution in [0.25, 0.3) is 0 Å². The molecule has 18 heavy (non-hydrogen) atoms. The van der Waals surface area contributed by atoms with Crippen LogP contribution in [0, 0.1) is 0 Å². The number of hydrogen-bond donors (Lipinski definition) is 1. The summed E-state index contributed by atoms with van der Waals surface area (Å²) < 4.78 is 43.5. The van der Waals surface area contributed by atoms with Crippen LogP contribution < -0.4 is 0 Å². The second kappa shape index (κ2) is 4.19. The van der Waals surface area contributed by atoms with Gasteiger partial charge in [-0.05, 0) is 36.5 Å². The third-order valence-electron chi connectivity index (χ3n) is 3.05. The predicted octanol–water partition coefficient (Wildman–Crippen LogP) is 2.69. The zero-order valence-corrected chi connectivity index (χ0v) is 9.60. The summed E-state index contributed by atoms with van der Waals surface area (Å²) in [5.41, 5.74) is -1.29. The number of aryl methyl sites for hydroxylation is 1. The van der Waals surface area contributed by atoms with E-state index in [1.54, 1.807) is 0 Å². The Kier molecular flexibility index (Phi) is 2.96. The van der Waals surface area contributed by atoms with Crippen molar-refractivity contribution in [3.8, 4) is 5.75 Å². The van der Waals surface area contributed by atoms with E-state index in [-0.39, 0.29) is 12.0 Å². The highest BCUT2D eigenvalue weighted by atomic mass is 19.4. The minimum Gasteiger partial charge on any atom is -0.507 e. The number of carbonyl (C=O) groups is 1. The number of carbonyl (C=O) groups excluding carboxylic acids is 1. The first kappa shape index (κ1) is 12.7. The maximum absolute atomic E-state index is 13.1. The second-order valence-electron chi connectivity index (χ2n) is 4.13. The first-order valence-corrected chi connectivity index (χ1v) is 5.39. The number of methoxy groups -OCH3 is 1. The zero-order valence-electron chi connectivity index (χ0n) is 9.60. The van der Waals surface area contributed by atoms with Crippen LogP contribution in [-0.4, -0.2) is 18.2 Å². The molecule has 98 valence electrons. The molecule has 0 aromatic heterocycles. The van der Waals surface area contributed by atoms with Crippen molar-refractivity contribution in [1.82, 2.24) is 0 Å². The largest absolute Gasteiger partial charge is 0.507 e. The van der Waals surface area contributed by atoms with E-state index < -0.39 is 29.0 Å². The van der Waals surface area contributed by atoms with Crippen LogP contribution in [0.2, 0.25) is 0 Å². The average Bonchev–Trinajstić information content (AvgIpc) is 2.71. The number of ether oxygens (including phenoxy) is 1.